The number of fused-ring (bicyclic) bond motifs is 1. The highest BCUT2D eigenvalue weighted by atomic mass is 16.2. The van der Waals surface area contributed by atoms with Crippen molar-refractivity contribution in [1.29, 1.82) is 0 Å². The van der Waals surface area contributed by atoms with Crippen molar-refractivity contribution in [3.05, 3.63) is 48.8 Å². The van der Waals surface area contributed by atoms with E-state index in [1.165, 1.54) is 0 Å². The van der Waals surface area contributed by atoms with Crippen LogP contribution in [0.15, 0.2) is 43.1 Å². The molecule has 0 radical (unpaired) electrons. The molecule has 2 saturated heterocycles. The summed E-state index contributed by atoms with van der Waals surface area (Å²) < 4.78 is 3.37. The van der Waals surface area contributed by atoms with Crippen LogP contribution in [-0.2, 0) is 7.05 Å². The zero-order valence-electron chi connectivity index (χ0n) is 15.0. The number of hydrogen-bond acceptors (Lipinski definition) is 6. The van der Waals surface area contributed by atoms with Crippen LogP contribution in [0.5, 0.6) is 0 Å². The summed E-state index contributed by atoms with van der Waals surface area (Å²) in [5, 5.41) is 8.33. The second-order valence-electron chi connectivity index (χ2n) is 7.16. The van der Waals surface area contributed by atoms with E-state index in [1.807, 2.05) is 23.2 Å². The van der Waals surface area contributed by atoms with Gasteiger partial charge in [-0.05, 0) is 12.1 Å². The van der Waals surface area contributed by atoms with Crippen molar-refractivity contribution in [3.63, 3.8) is 0 Å². The van der Waals surface area contributed by atoms with Crippen LogP contribution in [0.2, 0.25) is 0 Å². The van der Waals surface area contributed by atoms with E-state index in [4.69, 9.17) is 0 Å². The lowest BCUT2D eigenvalue weighted by Gasteiger charge is -2.22. The molecular formula is C18H20N8O. The molecule has 2 atom stereocenters. The number of carbonyl (C=O) groups is 1. The number of amides is 1. The maximum absolute atomic E-state index is 12.7. The summed E-state index contributed by atoms with van der Waals surface area (Å²) in [5.74, 6) is 2.67. The summed E-state index contributed by atoms with van der Waals surface area (Å²) in [6.07, 6.45) is 6.85. The molecule has 0 saturated carbocycles. The Bertz CT molecular complexity index is 951. The molecule has 5 rings (SSSR count). The lowest BCUT2D eigenvalue weighted by molar-refractivity contribution is 0.0771. The van der Waals surface area contributed by atoms with Gasteiger partial charge in [-0.2, -0.15) is 10.2 Å². The number of rotatable bonds is 3. The van der Waals surface area contributed by atoms with Crippen LogP contribution >= 0.6 is 0 Å². The van der Waals surface area contributed by atoms with E-state index in [2.05, 4.69) is 25.1 Å². The molecule has 2 unspecified atom stereocenters. The van der Waals surface area contributed by atoms with Gasteiger partial charge in [0.1, 0.15) is 17.8 Å². The van der Waals surface area contributed by atoms with Gasteiger partial charge in [-0.1, -0.05) is 0 Å². The molecule has 2 aliphatic rings. The Morgan fingerprint density at radius 3 is 2.48 bits per heavy atom. The van der Waals surface area contributed by atoms with E-state index in [1.54, 1.807) is 41.2 Å². The van der Waals surface area contributed by atoms with E-state index in [0.717, 1.165) is 37.8 Å². The molecule has 0 bridgehead atoms. The fraction of sp³-hybridized carbons (Fsp3) is 0.389. The molecular weight excluding hydrogens is 344 g/mol. The molecule has 3 aromatic rings. The third-order valence-electron chi connectivity index (χ3n) is 5.51. The highest BCUT2D eigenvalue weighted by Crippen LogP contribution is 2.34. The van der Waals surface area contributed by atoms with Gasteiger partial charge in [-0.25, -0.2) is 14.6 Å². The van der Waals surface area contributed by atoms with Gasteiger partial charge in [0.05, 0.1) is 0 Å². The largest absolute Gasteiger partial charge is 0.356 e. The molecule has 0 N–H and O–H groups in total. The number of aryl methyl sites for hydroxylation is 1. The monoisotopic (exact) mass is 364 g/mol. The minimum absolute atomic E-state index is 0.0685. The second kappa shape index (κ2) is 6.19. The first-order valence-corrected chi connectivity index (χ1v) is 9.03. The van der Waals surface area contributed by atoms with Gasteiger partial charge in [-0.3, -0.25) is 9.48 Å². The van der Waals surface area contributed by atoms with E-state index in [-0.39, 0.29) is 5.91 Å². The number of anilines is 1. The molecule has 0 aromatic carbocycles. The minimum atomic E-state index is 0.0685. The Morgan fingerprint density at radius 2 is 1.81 bits per heavy atom. The van der Waals surface area contributed by atoms with Crippen molar-refractivity contribution in [1.82, 2.24) is 34.4 Å². The smallest absolute Gasteiger partial charge is 0.272 e. The van der Waals surface area contributed by atoms with Gasteiger partial charge >= 0.3 is 0 Å². The van der Waals surface area contributed by atoms with Crippen LogP contribution in [0.4, 0.5) is 5.82 Å². The highest BCUT2D eigenvalue weighted by molar-refractivity contribution is 5.92. The number of likely N-dealkylation sites (tertiary alicyclic amines) is 1. The van der Waals surface area contributed by atoms with E-state index >= 15 is 0 Å². The highest BCUT2D eigenvalue weighted by Gasteiger charge is 2.42. The first-order chi connectivity index (χ1) is 13.2. The van der Waals surface area contributed by atoms with Gasteiger partial charge in [0, 0.05) is 69.7 Å². The molecule has 9 nitrogen and oxygen atoms in total. The summed E-state index contributed by atoms with van der Waals surface area (Å²) in [6, 6.07) is 5.61. The molecule has 2 fully saturated rings. The zero-order chi connectivity index (χ0) is 18.4. The van der Waals surface area contributed by atoms with Crippen LogP contribution < -0.4 is 4.90 Å². The van der Waals surface area contributed by atoms with Crippen LogP contribution in [0.25, 0.3) is 5.82 Å². The Balaban J connectivity index is 1.28. The third kappa shape index (κ3) is 2.75. The fourth-order valence-corrected chi connectivity index (χ4v) is 4.13. The summed E-state index contributed by atoms with van der Waals surface area (Å²) in [4.78, 5) is 25.7. The maximum Gasteiger partial charge on any atom is 0.272 e. The van der Waals surface area contributed by atoms with E-state index in [9.17, 15) is 4.79 Å². The summed E-state index contributed by atoms with van der Waals surface area (Å²) in [6.45, 7) is 3.36. The van der Waals surface area contributed by atoms with Crippen molar-refractivity contribution < 1.29 is 4.79 Å². The Labute approximate surface area is 156 Å². The summed E-state index contributed by atoms with van der Waals surface area (Å²) in [5.41, 5.74) is 0.645. The second-order valence-corrected chi connectivity index (χ2v) is 7.16. The predicted molar refractivity (Wildman–Crippen MR) is 97.5 cm³/mol. The van der Waals surface area contributed by atoms with E-state index < -0.39 is 0 Å². The number of hydrogen-bond donors (Lipinski definition) is 0. The van der Waals surface area contributed by atoms with E-state index in [0.29, 0.717) is 17.5 Å². The van der Waals surface area contributed by atoms with Crippen LogP contribution in [-0.4, -0.2) is 66.5 Å². The van der Waals surface area contributed by atoms with Crippen LogP contribution in [0.1, 0.15) is 10.5 Å². The summed E-state index contributed by atoms with van der Waals surface area (Å²) >= 11 is 0. The minimum Gasteiger partial charge on any atom is -0.356 e. The van der Waals surface area contributed by atoms with Gasteiger partial charge in [0.15, 0.2) is 5.82 Å². The van der Waals surface area contributed by atoms with Crippen molar-refractivity contribution >= 4 is 11.7 Å². The first kappa shape index (κ1) is 16.0. The number of aromatic nitrogens is 6. The van der Waals surface area contributed by atoms with Crippen molar-refractivity contribution in [2.75, 3.05) is 31.1 Å². The molecule has 27 heavy (non-hydrogen) atoms. The molecule has 0 aliphatic carbocycles. The molecule has 3 aromatic heterocycles. The molecule has 5 heterocycles. The number of carbonyl (C=O) groups excluding carboxylic acids is 1. The summed E-state index contributed by atoms with van der Waals surface area (Å²) in [7, 11) is 1.80. The fourth-order valence-electron chi connectivity index (χ4n) is 4.13. The standard InChI is InChI=1S/C18H20N8O/c1-23-15(3-5-21-23)18(27)25-10-13-8-24(9-14(13)11-25)16-7-17(20-12-19-16)26-6-2-4-22-26/h2-7,12-14H,8-11H2,1H3. The lowest BCUT2D eigenvalue weighted by Crippen LogP contribution is -2.34. The average molecular weight is 364 g/mol. The Morgan fingerprint density at radius 1 is 1.04 bits per heavy atom. The topological polar surface area (TPSA) is 85.0 Å². The van der Waals surface area contributed by atoms with Crippen LogP contribution in [0, 0.1) is 11.8 Å². The van der Waals surface area contributed by atoms with Gasteiger partial charge in [0.2, 0.25) is 0 Å². The van der Waals surface area contributed by atoms with Crippen molar-refractivity contribution in [2.24, 2.45) is 18.9 Å². The molecule has 138 valence electrons. The lowest BCUT2D eigenvalue weighted by atomic mass is 10.0. The third-order valence-corrected chi connectivity index (χ3v) is 5.51. The number of nitrogens with zero attached hydrogens (tertiary/aromatic N) is 8. The average Bonchev–Trinajstić information content (AvgIpc) is 3.44. The van der Waals surface area contributed by atoms with Crippen LogP contribution in [0.3, 0.4) is 0 Å². The molecule has 1 amide bonds. The SMILES string of the molecule is Cn1nccc1C(=O)N1CC2CN(c3cc(-n4cccn4)ncn3)CC2C1. The molecule has 0 spiro atoms. The van der Waals surface area contributed by atoms with Gasteiger partial charge in [0.25, 0.3) is 5.91 Å². The zero-order valence-corrected chi connectivity index (χ0v) is 15.0. The molecule has 2 aliphatic heterocycles. The normalized spacial score (nSPS) is 21.7. The van der Waals surface area contributed by atoms with Gasteiger partial charge in [-0.15, -0.1) is 0 Å². The van der Waals surface area contributed by atoms with Gasteiger partial charge < -0.3 is 9.80 Å². The maximum atomic E-state index is 12.7. The van der Waals surface area contributed by atoms with Crippen molar-refractivity contribution in [3.8, 4) is 5.82 Å². The van der Waals surface area contributed by atoms with Crippen molar-refractivity contribution in [2.45, 2.75) is 0 Å². The first-order valence-electron chi connectivity index (χ1n) is 9.03. The Kier molecular flexibility index (Phi) is 3.66. The molecule has 9 heteroatoms. The quantitative estimate of drug-likeness (QED) is 0.677. The Hall–Kier alpha value is -3.23. The predicted octanol–water partition coefficient (Wildman–Crippen LogP) is 0.604.